The van der Waals surface area contributed by atoms with Crippen molar-refractivity contribution >= 4 is 34.1 Å². The maximum Gasteiger partial charge on any atom is 0.343 e. The number of para-hydroxylation sites is 1. The summed E-state index contributed by atoms with van der Waals surface area (Å²) in [5.41, 5.74) is 8.54. The SMILES string of the molecule is Cc1nsc(N)c1C(=O)OCC(=O)N1c2ccccc2CCC1C. The molecule has 0 bridgehead atoms. The molecule has 1 amide bonds. The van der Waals surface area contributed by atoms with Crippen LogP contribution in [0.25, 0.3) is 0 Å². The Morgan fingerprint density at radius 2 is 2.17 bits per heavy atom. The van der Waals surface area contributed by atoms with E-state index in [1.807, 2.05) is 31.2 Å². The molecule has 0 spiro atoms. The Morgan fingerprint density at radius 1 is 1.42 bits per heavy atom. The van der Waals surface area contributed by atoms with E-state index in [-0.39, 0.29) is 24.1 Å². The summed E-state index contributed by atoms with van der Waals surface area (Å²) in [4.78, 5) is 26.5. The van der Waals surface area contributed by atoms with Gasteiger partial charge in [0.2, 0.25) is 0 Å². The van der Waals surface area contributed by atoms with Crippen LogP contribution in [0.2, 0.25) is 0 Å². The minimum atomic E-state index is -0.606. The van der Waals surface area contributed by atoms with Gasteiger partial charge in [-0.3, -0.25) is 4.79 Å². The lowest BCUT2D eigenvalue weighted by atomic mass is 9.96. The predicted molar refractivity (Wildman–Crippen MR) is 93.3 cm³/mol. The van der Waals surface area contributed by atoms with Gasteiger partial charge in [0.25, 0.3) is 5.91 Å². The molecule has 0 aliphatic carbocycles. The van der Waals surface area contributed by atoms with Crippen molar-refractivity contribution in [2.24, 2.45) is 0 Å². The summed E-state index contributed by atoms with van der Waals surface area (Å²) >= 11 is 1.04. The molecule has 126 valence electrons. The van der Waals surface area contributed by atoms with Crippen molar-refractivity contribution in [1.29, 1.82) is 0 Å². The standard InChI is InChI=1S/C17H19N3O3S/c1-10-7-8-12-5-3-4-6-13(12)20(10)14(21)9-23-17(22)15-11(2)19-24-16(15)18/h3-6,10H,7-9,18H2,1-2H3. The maximum atomic E-state index is 12.6. The third-order valence-corrected chi connectivity index (χ3v) is 4.98. The van der Waals surface area contributed by atoms with Crippen LogP contribution in [0.1, 0.15) is 35.0 Å². The fraction of sp³-hybridized carbons (Fsp3) is 0.353. The van der Waals surface area contributed by atoms with E-state index in [1.165, 1.54) is 0 Å². The van der Waals surface area contributed by atoms with Crippen LogP contribution in [0, 0.1) is 6.92 Å². The number of hydrogen-bond acceptors (Lipinski definition) is 6. The van der Waals surface area contributed by atoms with E-state index in [0.717, 1.165) is 35.6 Å². The van der Waals surface area contributed by atoms with Crippen molar-refractivity contribution in [3.8, 4) is 0 Å². The van der Waals surface area contributed by atoms with Crippen LogP contribution in [0.5, 0.6) is 0 Å². The van der Waals surface area contributed by atoms with Crippen molar-refractivity contribution in [3.63, 3.8) is 0 Å². The minimum Gasteiger partial charge on any atom is -0.452 e. The number of benzene rings is 1. The van der Waals surface area contributed by atoms with Crippen molar-refractivity contribution in [3.05, 3.63) is 41.1 Å². The summed E-state index contributed by atoms with van der Waals surface area (Å²) in [5.74, 6) is -0.840. The van der Waals surface area contributed by atoms with Crippen molar-refractivity contribution < 1.29 is 14.3 Å². The molecule has 0 fully saturated rings. The smallest absolute Gasteiger partial charge is 0.343 e. The molecule has 2 N–H and O–H groups in total. The number of amides is 1. The van der Waals surface area contributed by atoms with Gasteiger partial charge in [-0.1, -0.05) is 18.2 Å². The topological polar surface area (TPSA) is 85.5 Å². The van der Waals surface area contributed by atoms with Gasteiger partial charge in [0, 0.05) is 11.7 Å². The molecule has 2 aromatic rings. The van der Waals surface area contributed by atoms with E-state index in [1.54, 1.807) is 11.8 Å². The molecule has 1 aromatic carbocycles. The first kappa shape index (κ1) is 16.4. The molecule has 1 aliphatic heterocycles. The lowest BCUT2D eigenvalue weighted by Crippen LogP contribution is -2.44. The summed E-state index contributed by atoms with van der Waals surface area (Å²) in [6.07, 6.45) is 1.83. The van der Waals surface area contributed by atoms with E-state index in [9.17, 15) is 9.59 Å². The van der Waals surface area contributed by atoms with Gasteiger partial charge in [0.1, 0.15) is 10.6 Å². The Morgan fingerprint density at radius 3 is 2.88 bits per heavy atom. The molecule has 1 aliphatic rings. The summed E-state index contributed by atoms with van der Waals surface area (Å²) in [6.45, 7) is 3.38. The zero-order chi connectivity index (χ0) is 17.3. The minimum absolute atomic E-state index is 0.0701. The molecule has 3 rings (SSSR count). The predicted octanol–water partition coefficient (Wildman–Crippen LogP) is 2.56. The number of fused-ring (bicyclic) bond motifs is 1. The van der Waals surface area contributed by atoms with Crippen molar-refractivity contribution in [2.75, 3.05) is 17.2 Å². The van der Waals surface area contributed by atoms with Crippen LogP contribution < -0.4 is 10.6 Å². The molecular weight excluding hydrogens is 326 g/mol. The zero-order valence-electron chi connectivity index (χ0n) is 13.6. The third-order valence-electron chi connectivity index (χ3n) is 4.21. The highest BCUT2D eigenvalue weighted by Gasteiger charge is 2.29. The average Bonchev–Trinajstić information content (AvgIpc) is 2.91. The first-order valence-corrected chi connectivity index (χ1v) is 8.55. The highest BCUT2D eigenvalue weighted by Crippen LogP contribution is 2.30. The second kappa shape index (κ2) is 6.60. The molecular formula is C17H19N3O3S. The van der Waals surface area contributed by atoms with Crippen LogP contribution in [0.15, 0.2) is 24.3 Å². The fourth-order valence-electron chi connectivity index (χ4n) is 2.97. The maximum absolute atomic E-state index is 12.6. The number of hydrogen-bond donors (Lipinski definition) is 1. The number of ether oxygens (including phenoxy) is 1. The van der Waals surface area contributed by atoms with Crippen molar-refractivity contribution in [2.45, 2.75) is 32.7 Å². The van der Waals surface area contributed by atoms with E-state index < -0.39 is 5.97 Å². The second-order valence-corrected chi connectivity index (χ2v) is 6.67. The number of rotatable bonds is 3. The summed E-state index contributed by atoms with van der Waals surface area (Å²) < 4.78 is 9.20. The molecule has 0 radical (unpaired) electrons. The molecule has 7 heteroatoms. The molecule has 1 unspecified atom stereocenters. The van der Waals surface area contributed by atoms with Crippen LogP contribution in [0.4, 0.5) is 10.7 Å². The number of aryl methyl sites for hydroxylation is 2. The number of carbonyl (C=O) groups excluding carboxylic acids is 2. The third kappa shape index (κ3) is 2.99. The Balaban J connectivity index is 1.73. The van der Waals surface area contributed by atoms with Gasteiger partial charge in [-0.05, 0) is 49.9 Å². The lowest BCUT2D eigenvalue weighted by Gasteiger charge is -2.35. The monoisotopic (exact) mass is 345 g/mol. The van der Waals surface area contributed by atoms with Gasteiger partial charge >= 0.3 is 5.97 Å². The van der Waals surface area contributed by atoms with Crippen LogP contribution in [0.3, 0.4) is 0 Å². The Labute approximate surface area is 144 Å². The largest absolute Gasteiger partial charge is 0.452 e. The number of nitrogens with zero attached hydrogens (tertiary/aromatic N) is 2. The van der Waals surface area contributed by atoms with E-state index >= 15 is 0 Å². The van der Waals surface area contributed by atoms with Gasteiger partial charge in [0.15, 0.2) is 6.61 Å². The number of nitrogen functional groups attached to an aromatic ring is 1. The number of carbonyl (C=O) groups is 2. The average molecular weight is 345 g/mol. The number of esters is 1. The van der Waals surface area contributed by atoms with Gasteiger partial charge in [-0.2, -0.15) is 4.37 Å². The van der Waals surface area contributed by atoms with Gasteiger partial charge in [-0.25, -0.2) is 4.79 Å². The van der Waals surface area contributed by atoms with Crippen LogP contribution in [-0.2, 0) is 16.0 Å². The highest BCUT2D eigenvalue weighted by molar-refractivity contribution is 7.10. The number of nitrogens with two attached hydrogens (primary N) is 1. The van der Waals surface area contributed by atoms with Crippen molar-refractivity contribution in [1.82, 2.24) is 4.37 Å². The van der Waals surface area contributed by atoms with Crippen LogP contribution in [-0.4, -0.2) is 28.9 Å². The first-order valence-electron chi connectivity index (χ1n) is 7.78. The van der Waals surface area contributed by atoms with E-state index in [0.29, 0.717) is 10.7 Å². The molecule has 0 saturated heterocycles. The van der Waals surface area contributed by atoms with E-state index in [2.05, 4.69) is 4.37 Å². The Hall–Kier alpha value is -2.41. The Bertz CT molecular complexity index is 768. The zero-order valence-corrected chi connectivity index (χ0v) is 14.4. The lowest BCUT2D eigenvalue weighted by molar-refractivity contribution is -0.122. The van der Waals surface area contributed by atoms with Gasteiger partial charge in [0.05, 0.1) is 5.69 Å². The second-order valence-electron chi connectivity index (χ2n) is 5.86. The van der Waals surface area contributed by atoms with E-state index in [4.69, 9.17) is 10.5 Å². The highest BCUT2D eigenvalue weighted by atomic mass is 32.1. The van der Waals surface area contributed by atoms with Gasteiger partial charge < -0.3 is 15.4 Å². The quantitative estimate of drug-likeness (QED) is 0.864. The molecule has 1 atom stereocenters. The molecule has 2 heterocycles. The number of aromatic nitrogens is 1. The fourth-order valence-corrected chi connectivity index (χ4v) is 3.62. The summed E-state index contributed by atoms with van der Waals surface area (Å²) in [5, 5.41) is 0.307. The Kier molecular flexibility index (Phi) is 4.53. The number of anilines is 2. The molecule has 6 nitrogen and oxygen atoms in total. The summed E-state index contributed by atoms with van der Waals surface area (Å²) in [7, 11) is 0. The molecule has 24 heavy (non-hydrogen) atoms. The van der Waals surface area contributed by atoms with Gasteiger partial charge in [-0.15, -0.1) is 0 Å². The normalized spacial score (nSPS) is 16.6. The van der Waals surface area contributed by atoms with Crippen LogP contribution >= 0.6 is 11.5 Å². The first-order chi connectivity index (χ1) is 11.5. The molecule has 1 aromatic heterocycles. The molecule has 0 saturated carbocycles. The summed E-state index contributed by atoms with van der Waals surface area (Å²) in [6, 6.07) is 7.89.